The van der Waals surface area contributed by atoms with Crippen LogP contribution < -0.4 is 5.32 Å². The van der Waals surface area contributed by atoms with Gasteiger partial charge in [-0.1, -0.05) is 71.7 Å². The number of nitrogens with one attached hydrogen (secondary N) is 1. The van der Waals surface area contributed by atoms with E-state index >= 15 is 0 Å². The van der Waals surface area contributed by atoms with Gasteiger partial charge in [0.15, 0.2) is 5.78 Å². The zero-order chi connectivity index (χ0) is 22.7. The second-order valence-corrected chi connectivity index (χ2v) is 8.18. The Labute approximate surface area is 194 Å². The van der Waals surface area contributed by atoms with E-state index in [-0.39, 0.29) is 17.9 Å². The Kier molecular flexibility index (Phi) is 6.40. The minimum atomic E-state index is -0.467. The lowest BCUT2D eigenvalue weighted by Gasteiger charge is -2.20. The molecule has 0 radical (unpaired) electrons. The molecule has 0 saturated heterocycles. The van der Waals surface area contributed by atoms with Crippen molar-refractivity contribution >= 4 is 51.1 Å². The predicted molar refractivity (Wildman–Crippen MR) is 129 cm³/mol. The molecule has 0 bridgehead atoms. The highest BCUT2D eigenvalue weighted by Gasteiger charge is 2.19. The molecule has 4 aromatic rings. The van der Waals surface area contributed by atoms with E-state index < -0.39 is 11.0 Å². The number of Topliss-reactive ketones (excluding diaryl/α,β-unsaturated/α-hetero) is 1. The molecule has 0 aliphatic heterocycles. The summed E-state index contributed by atoms with van der Waals surface area (Å²) in [4.78, 5) is 23.9. The third kappa shape index (κ3) is 4.90. The smallest absolute Gasteiger partial charge is 0.271 e. The number of nitro groups is 1. The fourth-order valence-corrected chi connectivity index (χ4v) is 3.86. The van der Waals surface area contributed by atoms with Crippen LogP contribution in [0, 0.1) is 10.1 Å². The van der Waals surface area contributed by atoms with Gasteiger partial charge in [0.25, 0.3) is 5.69 Å². The van der Waals surface area contributed by atoms with Crippen molar-refractivity contribution in [3.05, 3.63) is 116 Å². The van der Waals surface area contributed by atoms with Gasteiger partial charge in [-0.05, 0) is 40.6 Å². The zero-order valence-corrected chi connectivity index (χ0v) is 18.3. The Balaban J connectivity index is 1.66. The largest absolute Gasteiger partial charge is 0.378 e. The molecule has 0 aliphatic carbocycles. The summed E-state index contributed by atoms with van der Waals surface area (Å²) < 4.78 is 0. The van der Waals surface area contributed by atoms with Gasteiger partial charge >= 0.3 is 0 Å². The maximum Gasteiger partial charge on any atom is 0.271 e. The number of non-ortho nitro benzene ring substituents is 1. The summed E-state index contributed by atoms with van der Waals surface area (Å²) in [5.41, 5.74) is 1.83. The summed E-state index contributed by atoms with van der Waals surface area (Å²) in [5, 5.41) is 17.2. The lowest BCUT2D eigenvalue weighted by atomic mass is 9.96. The molecule has 1 atom stereocenters. The molecule has 160 valence electrons. The van der Waals surface area contributed by atoms with Crippen molar-refractivity contribution in [3.8, 4) is 0 Å². The van der Waals surface area contributed by atoms with Gasteiger partial charge in [-0.15, -0.1) is 0 Å². The Bertz CT molecular complexity index is 1320. The highest BCUT2D eigenvalue weighted by Crippen LogP contribution is 2.31. The molecule has 0 aromatic heterocycles. The number of hydrogen-bond donors (Lipinski definition) is 1. The molecule has 0 spiro atoms. The van der Waals surface area contributed by atoms with Crippen LogP contribution in [-0.2, 0) is 0 Å². The maximum absolute atomic E-state index is 13.2. The van der Waals surface area contributed by atoms with Crippen LogP contribution in [0.1, 0.15) is 28.4 Å². The van der Waals surface area contributed by atoms with Crippen molar-refractivity contribution in [1.29, 1.82) is 0 Å². The summed E-state index contributed by atoms with van der Waals surface area (Å²) in [6.07, 6.45) is 0.124. The second-order valence-electron chi connectivity index (χ2n) is 7.37. The van der Waals surface area contributed by atoms with E-state index in [1.807, 2.05) is 42.5 Å². The molecule has 5 nitrogen and oxygen atoms in total. The fourth-order valence-electron chi connectivity index (χ4n) is 3.56. The predicted octanol–water partition coefficient (Wildman–Crippen LogP) is 7.48. The number of ketones is 1. The fraction of sp³-hybridized carbons (Fsp3) is 0.0800. The minimum Gasteiger partial charge on any atom is -0.378 e. The van der Waals surface area contributed by atoms with E-state index in [2.05, 4.69) is 5.32 Å². The first-order valence-electron chi connectivity index (χ1n) is 9.88. The average molecular weight is 465 g/mol. The number of carbonyl (C=O) groups is 1. The summed E-state index contributed by atoms with van der Waals surface area (Å²) in [5.74, 6) is -0.0650. The van der Waals surface area contributed by atoms with Crippen LogP contribution in [0.5, 0.6) is 0 Å². The number of halogens is 2. The molecule has 0 fully saturated rings. The van der Waals surface area contributed by atoms with Gasteiger partial charge in [0.2, 0.25) is 0 Å². The van der Waals surface area contributed by atoms with E-state index in [4.69, 9.17) is 23.2 Å². The Morgan fingerprint density at radius 1 is 0.875 bits per heavy atom. The van der Waals surface area contributed by atoms with Crippen LogP contribution in [0.4, 0.5) is 11.4 Å². The van der Waals surface area contributed by atoms with Gasteiger partial charge in [0.1, 0.15) is 0 Å². The average Bonchev–Trinajstić information content (AvgIpc) is 2.80. The van der Waals surface area contributed by atoms with Gasteiger partial charge in [0, 0.05) is 29.8 Å². The number of benzene rings is 4. The van der Waals surface area contributed by atoms with Gasteiger partial charge in [0.05, 0.1) is 21.0 Å². The van der Waals surface area contributed by atoms with E-state index in [0.29, 0.717) is 21.3 Å². The Morgan fingerprint density at radius 3 is 2.41 bits per heavy atom. The monoisotopic (exact) mass is 464 g/mol. The molecule has 0 amide bonds. The number of rotatable bonds is 7. The normalized spacial score (nSPS) is 11.8. The highest BCUT2D eigenvalue weighted by molar-refractivity contribution is 6.42. The molecule has 1 N–H and O–H groups in total. The SMILES string of the molecule is O=C(CC(Nc1cccc([N+](=O)[O-])c1)c1ccc(Cl)c(Cl)c1)c1ccc2ccccc2c1. The van der Waals surface area contributed by atoms with Crippen LogP contribution in [0.15, 0.2) is 84.9 Å². The molecule has 4 rings (SSSR count). The van der Waals surface area contributed by atoms with Crippen molar-refractivity contribution in [2.24, 2.45) is 0 Å². The van der Waals surface area contributed by atoms with Crippen LogP contribution in [-0.4, -0.2) is 10.7 Å². The van der Waals surface area contributed by atoms with Gasteiger partial charge in [-0.2, -0.15) is 0 Å². The lowest BCUT2D eigenvalue weighted by Crippen LogP contribution is -2.16. The first kappa shape index (κ1) is 21.8. The summed E-state index contributed by atoms with van der Waals surface area (Å²) in [6.45, 7) is 0. The Morgan fingerprint density at radius 2 is 1.66 bits per heavy atom. The zero-order valence-electron chi connectivity index (χ0n) is 16.8. The minimum absolute atomic E-state index is 0.0382. The van der Waals surface area contributed by atoms with Crippen molar-refractivity contribution in [3.63, 3.8) is 0 Å². The van der Waals surface area contributed by atoms with Crippen LogP contribution >= 0.6 is 23.2 Å². The number of fused-ring (bicyclic) bond motifs is 1. The van der Waals surface area contributed by atoms with Crippen LogP contribution in [0.2, 0.25) is 10.0 Å². The molecular formula is C25H18Cl2N2O3. The molecule has 0 saturated carbocycles. The van der Waals surface area contributed by atoms with Crippen molar-refractivity contribution < 1.29 is 9.72 Å². The number of anilines is 1. The molecule has 1 unspecified atom stereocenters. The van der Waals surface area contributed by atoms with E-state index in [9.17, 15) is 14.9 Å². The van der Waals surface area contributed by atoms with E-state index in [0.717, 1.165) is 16.3 Å². The molecule has 0 aliphatic rings. The van der Waals surface area contributed by atoms with Gasteiger partial charge in [-0.25, -0.2) is 0 Å². The number of hydrogen-bond acceptors (Lipinski definition) is 4. The van der Waals surface area contributed by atoms with Crippen molar-refractivity contribution in [1.82, 2.24) is 0 Å². The molecular weight excluding hydrogens is 447 g/mol. The van der Waals surface area contributed by atoms with Crippen LogP contribution in [0.25, 0.3) is 10.8 Å². The number of nitrogens with zero attached hydrogens (tertiary/aromatic N) is 1. The third-order valence-electron chi connectivity index (χ3n) is 5.20. The third-order valence-corrected chi connectivity index (χ3v) is 5.94. The first-order valence-corrected chi connectivity index (χ1v) is 10.6. The number of carbonyl (C=O) groups excluding carboxylic acids is 1. The molecule has 7 heteroatoms. The summed E-state index contributed by atoms with van der Waals surface area (Å²) >= 11 is 12.3. The quantitative estimate of drug-likeness (QED) is 0.174. The maximum atomic E-state index is 13.2. The standard InChI is InChI=1S/C25H18Cl2N2O3/c26-22-11-10-18(13-23(22)27)24(28-20-6-3-7-21(14-20)29(31)32)15-25(30)19-9-8-16-4-1-2-5-17(16)12-19/h1-14,24,28H,15H2. The first-order chi connectivity index (χ1) is 15.4. The topological polar surface area (TPSA) is 72.2 Å². The molecule has 0 heterocycles. The van der Waals surface area contributed by atoms with E-state index in [1.165, 1.54) is 12.1 Å². The summed E-state index contributed by atoms with van der Waals surface area (Å²) in [6, 6.07) is 24.3. The number of nitro benzene ring substituents is 1. The Hall–Kier alpha value is -3.41. The van der Waals surface area contributed by atoms with E-state index in [1.54, 1.807) is 30.3 Å². The molecule has 32 heavy (non-hydrogen) atoms. The lowest BCUT2D eigenvalue weighted by molar-refractivity contribution is -0.384. The van der Waals surface area contributed by atoms with Crippen LogP contribution in [0.3, 0.4) is 0 Å². The van der Waals surface area contributed by atoms with Crippen molar-refractivity contribution in [2.75, 3.05) is 5.32 Å². The van der Waals surface area contributed by atoms with Gasteiger partial charge < -0.3 is 5.32 Å². The highest BCUT2D eigenvalue weighted by atomic mass is 35.5. The second kappa shape index (κ2) is 9.39. The van der Waals surface area contributed by atoms with Gasteiger partial charge in [-0.3, -0.25) is 14.9 Å². The summed E-state index contributed by atoms with van der Waals surface area (Å²) in [7, 11) is 0. The molecule has 4 aromatic carbocycles. The van der Waals surface area contributed by atoms with Crippen molar-refractivity contribution in [2.45, 2.75) is 12.5 Å².